The predicted octanol–water partition coefficient (Wildman–Crippen LogP) is 4.58. The Kier molecular flexibility index (Phi) is 3.72. The smallest absolute Gasteiger partial charge is 0.0744 e. The summed E-state index contributed by atoms with van der Waals surface area (Å²) in [6.45, 7) is 13.8. The molecule has 0 heterocycles. The molecule has 0 aromatic heterocycles. The van der Waals surface area contributed by atoms with Crippen LogP contribution in [0.2, 0.25) is 0 Å². The van der Waals surface area contributed by atoms with Crippen molar-refractivity contribution in [2.24, 2.45) is 28.6 Å². The first-order chi connectivity index (χ1) is 8.73. The number of aliphatic hydroxyl groups is 1. The van der Waals surface area contributed by atoms with E-state index in [0.29, 0.717) is 23.2 Å². The highest BCUT2D eigenvalue weighted by molar-refractivity contribution is 5.25. The summed E-state index contributed by atoms with van der Waals surface area (Å²) in [5.41, 5.74) is 1.79. The number of rotatable bonds is 3. The van der Waals surface area contributed by atoms with Crippen LogP contribution in [-0.4, -0.2) is 11.2 Å². The molecule has 0 aliphatic heterocycles. The van der Waals surface area contributed by atoms with Gasteiger partial charge in [0.05, 0.1) is 6.10 Å². The van der Waals surface area contributed by atoms with Crippen LogP contribution in [0, 0.1) is 28.6 Å². The maximum Gasteiger partial charge on any atom is 0.0744 e. The van der Waals surface area contributed by atoms with Crippen molar-refractivity contribution in [2.45, 2.75) is 60.5 Å². The van der Waals surface area contributed by atoms with Crippen LogP contribution >= 0.6 is 0 Å². The fourth-order valence-electron chi connectivity index (χ4n) is 4.19. The van der Waals surface area contributed by atoms with Gasteiger partial charge in [0.15, 0.2) is 0 Å². The van der Waals surface area contributed by atoms with Gasteiger partial charge in [-0.1, -0.05) is 52.8 Å². The van der Waals surface area contributed by atoms with Gasteiger partial charge in [-0.05, 0) is 53.9 Å². The molecule has 1 heteroatoms. The highest BCUT2D eigenvalue weighted by Crippen LogP contribution is 2.61. The third-order valence-electron chi connectivity index (χ3n) is 6.38. The fraction of sp³-hybridized carbons (Fsp3) is 0.778. The Morgan fingerprint density at radius 3 is 2.63 bits per heavy atom. The molecule has 5 atom stereocenters. The van der Waals surface area contributed by atoms with Gasteiger partial charge in [-0.3, -0.25) is 0 Å². The molecule has 3 aliphatic carbocycles. The Labute approximate surface area is 118 Å². The summed E-state index contributed by atoms with van der Waals surface area (Å²) in [5, 5.41) is 9.99. The monoisotopic (exact) mass is 262 g/mol. The van der Waals surface area contributed by atoms with Crippen LogP contribution in [0.4, 0.5) is 0 Å². The molecule has 3 aliphatic rings. The van der Waals surface area contributed by atoms with E-state index in [2.05, 4.69) is 52.8 Å². The lowest BCUT2D eigenvalue weighted by molar-refractivity contribution is -0.0340. The molecular formula is C18H30O. The van der Waals surface area contributed by atoms with E-state index < -0.39 is 0 Å². The summed E-state index contributed by atoms with van der Waals surface area (Å²) in [5.74, 6) is 1.93. The lowest BCUT2D eigenvalue weighted by Crippen LogP contribution is -2.52. The van der Waals surface area contributed by atoms with Crippen molar-refractivity contribution in [1.29, 1.82) is 0 Å². The topological polar surface area (TPSA) is 20.2 Å². The highest BCUT2D eigenvalue weighted by atomic mass is 16.3. The molecule has 0 radical (unpaired) electrons. The van der Waals surface area contributed by atoms with Crippen molar-refractivity contribution in [2.75, 3.05) is 0 Å². The van der Waals surface area contributed by atoms with Gasteiger partial charge in [0.25, 0.3) is 0 Å². The summed E-state index contributed by atoms with van der Waals surface area (Å²) >= 11 is 0. The van der Waals surface area contributed by atoms with Crippen molar-refractivity contribution in [3.05, 3.63) is 23.8 Å². The molecule has 0 aromatic rings. The van der Waals surface area contributed by atoms with Gasteiger partial charge in [0.1, 0.15) is 0 Å². The highest BCUT2D eigenvalue weighted by Gasteiger charge is 2.54. The quantitative estimate of drug-likeness (QED) is 0.738. The van der Waals surface area contributed by atoms with Crippen LogP contribution in [-0.2, 0) is 0 Å². The Bertz CT molecular complexity index is 404. The largest absolute Gasteiger partial charge is 0.389 e. The van der Waals surface area contributed by atoms with Gasteiger partial charge in [-0.15, -0.1) is 0 Å². The van der Waals surface area contributed by atoms with Crippen LogP contribution in [0.25, 0.3) is 0 Å². The Morgan fingerprint density at radius 1 is 1.42 bits per heavy atom. The zero-order valence-electron chi connectivity index (χ0n) is 13.4. The fourth-order valence-corrected chi connectivity index (χ4v) is 4.19. The van der Waals surface area contributed by atoms with E-state index in [4.69, 9.17) is 0 Å². The lowest BCUT2D eigenvalue weighted by Gasteiger charge is -2.59. The molecule has 0 aromatic carbocycles. The average molecular weight is 262 g/mol. The maximum absolute atomic E-state index is 9.99. The van der Waals surface area contributed by atoms with Crippen molar-refractivity contribution in [1.82, 2.24) is 0 Å². The van der Waals surface area contributed by atoms with Gasteiger partial charge in [-0.25, -0.2) is 0 Å². The van der Waals surface area contributed by atoms with E-state index in [9.17, 15) is 5.11 Å². The molecule has 108 valence electrons. The number of hydrogen-bond donors (Lipinski definition) is 1. The Hall–Kier alpha value is -0.560. The lowest BCUT2D eigenvalue weighted by atomic mass is 9.45. The van der Waals surface area contributed by atoms with E-state index in [-0.39, 0.29) is 11.5 Å². The van der Waals surface area contributed by atoms with E-state index in [1.54, 1.807) is 0 Å². The summed E-state index contributed by atoms with van der Waals surface area (Å²) in [4.78, 5) is 0. The Morgan fingerprint density at radius 2 is 2.05 bits per heavy atom. The second-order valence-electron chi connectivity index (χ2n) is 7.55. The first kappa shape index (κ1) is 14.8. The van der Waals surface area contributed by atoms with E-state index >= 15 is 0 Å². The van der Waals surface area contributed by atoms with Crippen molar-refractivity contribution in [3.63, 3.8) is 0 Å². The van der Waals surface area contributed by atoms with Crippen LogP contribution in [0.15, 0.2) is 23.8 Å². The predicted molar refractivity (Wildman–Crippen MR) is 81.8 cm³/mol. The molecule has 5 unspecified atom stereocenters. The van der Waals surface area contributed by atoms with Crippen LogP contribution < -0.4 is 0 Å². The normalized spacial score (nSPS) is 42.5. The number of allylic oxidation sites excluding steroid dienone is 3. The molecule has 19 heavy (non-hydrogen) atoms. The van der Waals surface area contributed by atoms with Gasteiger partial charge >= 0.3 is 0 Å². The minimum atomic E-state index is -0.267. The standard InChI is InChI=1S/C18H30O/c1-7-16(19)12(2)10-15-11-14-8-9-18(15,6)13(3)17(14,4)5/h8-10,13-16,19H,7,11H2,1-6H3. The molecule has 3 rings (SSSR count). The summed E-state index contributed by atoms with van der Waals surface area (Å²) in [7, 11) is 0. The number of aliphatic hydroxyl groups excluding tert-OH is 1. The molecule has 1 saturated carbocycles. The molecule has 0 saturated heterocycles. The summed E-state index contributed by atoms with van der Waals surface area (Å²) < 4.78 is 0. The maximum atomic E-state index is 9.99. The van der Waals surface area contributed by atoms with E-state index in [1.165, 1.54) is 6.42 Å². The molecule has 2 bridgehead atoms. The van der Waals surface area contributed by atoms with Crippen molar-refractivity contribution < 1.29 is 5.11 Å². The first-order valence-electron chi connectivity index (χ1n) is 7.79. The first-order valence-corrected chi connectivity index (χ1v) is 7.79. The third kappa shape index (κ3) is 2.20. The zero-order chi connectivity index (χ0) is 14.4. The van der Waals surface area contributed by atoms with E-state index in [0.717, 1.165) is 12.0 Å². The zero-order valence-corrected chi connectivity index (χ0v) is 13.4. The summed E-state index contributed by atoms with van der Waals surface area (Å²) in [6, 6.07) is 0. The Balaban J connectivity index is 2.31. The second-order valence-corrected chi connectivity index (χ2v) is 7.55. The molecule has 1 N–H and O–H groups in total. The van der Waals surface area contributed by atoms with Crippen molar-refractivity contribution in [3.8, 4) is 0 Å². The molecular weight excluding hydrogens is 232 g/mol. The average Bonchev–Trinajstić information content (AvgIpc) is 2.37. The number of fused-ring (bicyclic) bond motifs is 2. The SMILES string of the molecule is CCC(O)C(C)=CC1CC2C=CC1(C)C(C)C2(C)C. The van der Waals surface area contributed by atoms with Gasteiger partial charge in [-0.2, -0.15) is 0 Å². The molecule has 0 spiro atoms. The second kappa shape index (κ2) is 4.77. The minimum absolute atomic E-state index is 0.243. The van der Waals surface area contributed by atoms with Gasteiger partial charge < -0.3 is 5.11 Å². The van der Waals surface area contributed by atoms with Gasteiger partial charge in [0.2, 0.25) is 0 Å². The van der Waals surface area contributed by atoms with E-state index in [1.807, 2.05) is 6.92 Å². The number of hydrogen-bond acceptors (Lipinski definition) is 1. The van der Waals surface area contributed by atoms with Gasteiger partial charge in [0, 0.05) is 0 Å². The van der Waals surface area contributed by atoms with Crippen LogP contribution in [0.3, 0.4) is 0 Å². The third-order valence-corrected chi connectivity index (χ3v) is 6.38. The van der Waals surface area contributed by atoms with Crippen molar-refractivity contribution >= 4 is 0 Å². The minimum Gasteiger partial charge on any atom is -0.389 e. The van der Waals surface area contributed by atoms with Crippen LogP contribution in [0.5, 0.6) is 0 Å². The molecule has 1 fully saturated rings. The van der Waals surface area contributed by atoms with Crippen LogP contribution in [0.1, 0.15) is 54.4 Å². The molecule has 1 nitrogen and oxygen atoms in total. The molecule has 0 amide bonds. The summed E-state index contributed by atoms with van der Waals surface area (Å²) in [6.07, 6.45) is 9.02.